The molecule has 52 heavy (non-hydrogen) atoms. The number of hydrogen-bond donors (Lipinski definition) is 5. The molecule has 0 aliphatic heterocycles. The molecule has 0 saturated carbocycles. The number of carbonyl (C=O) groups excluding carboxylic acids is 3. The number of fused-ring (bicyclic) bond motifs is 2. The Morgan fingerprint density at radius 1 is 0.942 bits per heavy atom. The summed E-state index contributed by atoms with van der Waals surface area (Å²) in [5, 5.41) is 13.7. The molecule has 3 heterocycles. The summed E-state index contributed by atoms with van der Waals surface area (Å²) in [4.78, 5) is 46.7. The van der Waals surface area contributed by atoms with Crippen LogP contribution in [0.1, 0.15) is 50.2 Å². The minimum Gasteiger partial charge on any atom is -0.494 e. The van der Waals surface area contributed by atoms with Crippen molar-refractivity contribution in [2.45, 2.75) is 39.9 Å². The Hall–Kier alpha value is -6.00. The predicted octanol–water partition coefficient (Wildman–Crippen LogP) is 3.25. The van der Waals surface area contributed by atoms with Crippen molar-refractivity contribution < 1.29 is 23.9 Å². The van der Waals surface area contributed by atoms with Crippen molar-refractivity contribution in [2.75, 3.05) is 51.0 Å². The van der Waals surface area contributed by atoms with Crippen molar-refractivity contribution in [2.24, 2.45) is 11.5 Å². The lowest BCUT2D eigenvalue weighted by Gasteiger charge is -2.12. The van der Waals surface area contributed by atoms with E-state index in [1.807, 2.05) is 47.3 Å². The number of imidazole rings is 2. The van der Waals surface area contributed by atoms with E-state index in [0.717, 1.165) is 24.9 Å². The average Bonchev–Trinajstić information content (AvgIpc) is 3.82. The van der Waals surface area contributed by atoms with Crippen LogP contribution in [0.3, 0.4) is 0 Å². The minimum absolute atomic E-state index is 0.264. The summed E-state index contributed by atoms with van der Waals surface area (Å²) in [5.41, 5.74) is 15.3. The van der Waals surface area contributed by atoms with Crippen LogP contribution in [0.5, 0.6) is 11.5 Å². The number of ether oxygens (including phenoxy) is 2. The summed E-state index contributed by atoms with van der Waals surface area (Å²) in [6.07, 6.45) is 9.35. The van der Waals surface area contributed by atoms with Gasteiger partial charge in [0, 0.05) is 44.4 Å². The first-order valence-corrected chi connectivity index (χ1v) is 17.0. The van der Waals surface area contributed by atoms with Crippen LogP contribution in [0.15, 0.2) is 54.6 Å². The van der Waals surface area contributed by atoms with Gasteiger partial charge in [0.2, 0.25) is 17.8 Å². The molecule has 0 aliphatic carbocycles. The molecule has 0 bridgehead atoms. The summed E-state index contributed by atoms with van der Waals surface area (Å²) < 4.78 is 17.2. The monoisotopic (exact) mass is 711 g/mol. The van der Waals surface area contributed by atoms with Crippen molar-refractivity contribution >= 4 is 52.1 Å². The van der Waals surface area contributed by atoms with Gasteiger partial charge in [-0.25, -0.2) is 9.97 Å². The molecule has 16 nitrogen and oxygen atoms in total. The van der Waals surface area contributed by atoms with Crippen LogP contribution < -0.4 is 36.9 Å². The van der Waals surface area contributed by atoms with Crippen LogP contribution in [0.25, 0.3) is 22.1 Å². The van der Waals surface area contributed by atoms with Gasteiger partial charge in [-0.3, -0.25) is 24.4 Å². The van der Waals surface area contributed by atoms with Crippen LogP contribution in [-0.2, 0) is 19.6 Å². The standard InChI is InChI=1S/C36H45N11O5/c1-5-47-28(17-23(2)44-47)34(50)43-36-42-26-18-24(22-48)19-29(51-4)31(26)46(36)15-8-7-14-45-32-27(41-35(45)39-3)20-25(33(38)49)21-30(32)52-16-9-6-12-40-13-10-11-37/h6-9,17-22,40H,5,10-16,37H2,1-4H3,(H2,38,49)(H,39,41)(H,42,43,50)/b8-7+,9-6+. The minimum atomic E-state index is -0.590. The molecule has 0 spiro atoms. The highest BCUT2D eigenvalue weighted by Gasteiger charge is 2.21. The van der Waals surface area contributed by atoms with Crippen LogP contribution in [0.4, 0.5) is 11.9 Å². The van der Waals surface area contributed by atoms with E-state index in [1.165, 1.54) is 7.11 Å². The summed E-state index contributed by atoms with van der Waals surface area (Å²) in [5.74, 6) is 0.749. The molecule has 5 aromatic rings. The molecule has 5 rings (SSSR count). The van der Waals surface area contributed by atoms with Gasteiger partial charge in [0.15, 0.2) is 0 Å². The Morgan fingerprint density at radius 2 is 1.65 bits per heavy atom. The molecule has 16 heteroatoms. The smallest absolute Gasteiger partial charge is 0.276 e. The number of benzene rings is 2. The van der Waals surface area contributed by atoms with Crippen LogP contribution >= 0.6 is 0 Å². The maximum atomic E-state index is 13.5. The molecule has 0 atom stereocenters. The van der Waals surface area contributed by atoms with Gasteiger partial charge in [0.1, 0.15) is 41.1 Å². The third-order valence-electron chi connectivity index (χ3n) is 8.22. The number of anilines is 2. The molecule has 0 aliphatic rings. The van der Waals surface area contributed by atoms with E-state index < -0.39 is 5.91 Å². The van der Waals surface area contributed by atoms with E-state index in [0.29, 0.717) is 77.0 Å². The van der Waals surface area contributed by atoms with Crippen LogP contribution in [0.2, 0.25) is 0 Å². The van der Waals surface area contributed by atoms with E-state index in [1.54, 1.807) is 42.1 Å². The largest absolute Gasteiger partial charge is 0.494 e. The van der Waals surface area contributed by atoms with Gasteiger partial charge >= 0.3 is 0 Å². The number of rotatable bonds is 19. The fourth-order valence-corrected chi connectivity index (χ4v) is 5.79. The second-order valence-corrected chi connectivity index (χ2v) is 11.8. The summed E-state index contributed by atoms with van der Waals surface area (Å²) in [7, 11) is 3.27. The maximum Gasteiger partial charge on any atom is 0.276 e. The number of carbonyl (C=O) groups is 3. The number of amides is 2. The molecular weight excluding hydrogens is 666 g/mol. The van der Waals surface area contributed by atoms with E-state index in [2.05, 4.69) is 26.0 Å². The average molecular weight is 712 g/mol. The molecule has 0 fully saturated rings. The normalized spacial score (nSPS) is 11.6. The number of primary amides is 1. The van der Waals surface area contributed by atoms with E-state index >= 15 is 0 Å². The Labute approximate surface area is 300 Å². The molecule has 3 aromatic heterocycles. The lowest BCUT2D eigenvalue weighted by atomic mass is 10.1. The van der Waals surface area contributed by atoms with Gasteiger partial charge < -0.3 is 40.7 Å². The highest BCUT2D eigenvalue weighted by molar-refractivity contribution is 6.03. The van der Waals surface area contributed by atoms with Gasteiger partial charge in [-0.1, -0.05) is 24.3 Å². The SMILES string of the molecule is CCn1nc(C)cc1C(=O)Nc1nc2cc(C=O)cc(OC)c2n1C/C=C/Cn1c(NC)nc2cc(C(N)=O)cc(OC/C=C/CNCCCN)c21. The number of methoxy groups -OCH3 is 1. The third-order valence-corrected chi connectivity index (χ3v) is 8.22. The Kier molecular flexibility index (Phi) is 12.4. The van der Waals surface area contributed by atoms with E-state index in [9.17, 15) is 14.4 Å². The number of nitrogens with two attached hydrogens (primary N) is 2. The molecule has 274 valence electrons. The Morgan fingerprint density at radius 3 is 2.33 bits per heavy atom. The van der Waals surface area contributed by atoms with Gasteiger partial charge in [-0.2, -0.15) is 5.10 Å². The lowest BCUT2D eigenvalue weighted by Crippen LogP contribution is -2.20. The first kappa shape index (κ1) is 37.3. The first-order valence-electron chi connectivity index (χ1n) is 17.0. The molecule has 2 amide bonds. The van der Waals surface area contributed by atoms with Gasteiger partial charge in [-0.15, -0.1) is 0 Å². The van der Waals surface area contributed by atoms with E-state index in [-0.39, 0.29) is 30.6 Å². The van der Waals surface area contributed by atoms with Crippen LogP contribution in [-0.4, -0.2) is 87.4 Å². The summed E-state index contributed by atoms with van der Waals surface area (Å²) in [6.45, 7) is 7.31. The molecule has 0 radical (unpaired) electrons. The number of allylic oxidation sites excluding steroid dienone is 2. The number of nitrogens with one attached hydrogen (secondary N) is 3. The zero-order valence-electron chi connectivity index (χ0n) is 29.8. The first-order chi connectivity index (χ1) is 25.2. The highest BCUT2D eigenvalue weighted by Crippen LogP contribution is 2.32. The molecule has 0 saturated heterocycles. The van der Waals surface area contributed by atoms with Gasteiger partial charge in [0.25, 0.3) is 5.91 Å². The predicted molar refractivity (Wildman–Crippen MR) is 200 cm³/mol. The third kappa shape index (κ3) is 8.30. The topological polar surface area (TPSA) is 211 Å². The van der Waals surface area contributed by atoms with E-state index in [4.69, 9.17) is 25.9 Å². The second kappa shape index (κ2) is 17.3. The number of aldehydes is 1. The van der Waals surface area contributed by atoms with Crippen molar-refractivity contribution in [3.63, 3.8) is 0 Å². The van der Waals surface area contributed by atoms with Gasteiger partial charge in [-0.05, 0) is 63.7 Å². The number of aromatic nitrogens is 6. The second-order valence-electron chi connectivity index (χ2n) is 11.8. The highest BCUT2D eigenvalue weighted by atomic mass is 16.5. The number of nitrogens with zero attached hydrogens (tertiary/aromatic N) is 6. The lowest BCUT2D eigenvalue weighted by molar-refractivity contribution is 0.0995. The van der Waals surface area contributed by atoms with Crippen molar-refractivity contribution in [3.05, 3.63) is 77.2 Å². The van der Waals surface area contributed by atoms with Crippen molar-refractivity contribution in [3.8, 4) is 11.5 Å². The summed E-state index contributed by atoms with van der Waals surface area (Å²) in [6, 6.07) is 8.26. The zero-order valence-corrected chi connectivity index (χ0v) is 29.8. The van der Waals surface area contributed by atoms with Gasteiger partial charge in [0.05, 0.1) is 23.8 Å². The molecule has 0 unspecified atom stereocenters. The fraction of sp³-hybridized carbons (Fsp3) is 0.333. The summed E-state index contributed by atoms with van der Waals surface area (Å²) >= 11 is 0. The molecule has 2 aromatic carbocycles. The quantitative estimate of drug-likeness (QED) is 0.0477. The zero-order chi connectivity index (χ0) is 37.2. The van der Waals surface area contributed by atoms with Crippen molar-refractivity contribution in [1.82, 2.24) is 34.2 Å². The number of hydrogen-bond acceptors (Lipinski definition) is 11. The Bertz CT molecular complexity index is 2130. The number of aryl methyl sites for hydroxylation is 2. The van der Waals surface area contributed by atoms with Crippen LogP contribution in [0, 0.1) is 6.92 Å². The molecular formula is C36H45N11O5. The molecule has 7 N–H and O–H groups in total. The Balaban J connectivity index is 1.45. The van der Waals surface area contributed by atoms with Crippen molar-refractivity contribution in [1.29, 1.82) is 0 Å². The maximum absolute atomic E-state index is 13.5. The fourth-order valence-electron chi connectivity index (χ4n) is 5.79.